The molecule has 186 valence electrons. The second kappa shape index (κ2) is 10.5. The number of likely N-dealkylation sites (tertiary alicyclic amines) is 1. The van der Waals surface area contributed by atoms with Crippen molar-refractivity contribution in [2.24, 2.45) is 5.92 Å². The lowest BCUT2D eigenvalue weighted by atomic mass is 9.94. The molecule has 0 saturated carbocycles. The highest BCUT2D eigenvalue weighted by Gasteiger charge is 2.29. The number of hydrogen-bond donors (Lipinski definition) is 2. The summed E-state index contributed by atoms with van der Waals surface area (Å²) in [4.78, 5) is 14.4. The van der Waals surface area contributed by atoms with Gasteiger partial charge in [0.2, 0.25) is 5.95 Å². The van der Waals surface area contributed by atoms with Crippen molar-refractivity contribution in [3.05, 3.63) is 47.2 Å². The topological polar surface area (TPSA) is 73.8 Å². The Labute approximate surface area is 209 Å². The molecule has 2 saturated heterocycles. The number of rotatable bonds is 6. The minimum absolute atomic E-state index is 0.154. The molecule has 2 aliphatic rings. The van der Waals surface area contributed by atoms with E-state index < -0.39 is 5.82 Å². The van der Waals surface area contributed by atoms with Crippen LogP contribution in [-0.4, -0.2) is 65.9 Å². The average Bonchev–Trinajstić information content (AvgIpc) is 2.90. The number of methoxy groups -OCH3 is 1. The fourth-order valence-electron chi connectivity index (χ4n) is 5.19. The zero-order chi connectivity index (χ0) is 24.4. The van der Waals surface area contributed by atoms with Gasteiger partial charge in [-0.1, -0.05) is 11.6 Å². The molecule has 9 heteroatoms. The third kappa shape index (κ3) is 5.29. The van der Waals surface area contributed by atoms with Crippen LogP contribution in [0.3, 0.4) is 0 Å². The Morgan fingerprint density at radius 2 is 1.89 bits per heavy atom. The highest BCUT2D eigenvalue weighted by atomic mass is 35.5. The molecule has 35 heavy (non-hydrogen) atoms. The Hall–Kier alpha value is -2.68. The van der Waals surface area contributed by atoms with Crippen molar-refractivity contribution < 1.29 is 14.2 Å². The molecule has 1 atom stereocenters. The van der Waals surface area contributed by atoms with Crippen LogP contribution < -0.4 is 15.0 Å². The maximum Gasteiger partial charge on any atom is 0.227 e. The first kappa shape index (κ1) is 24.0. The number of aromatic nitrogens is 2. The molecule has 0 spiro atoms. The van der Waals surface area contributed by atoms with Gasteiger partial charge in [-0.15, -0.1) is 0 Å². The standard InChI is InChI=1S/C26H31ClFN5O2/c1-35-24-14-23-21(13-22(24)28)25(29-19-6-4-18(27)5-7-19)31-26(30-23)32-11-8-20(9-12-32)33-10-2-3-17(15-33)16-34/h4-7,13-14,17,20,34H,2-3,8-12,15-16H2,1H3,(H,29,30,31). The number of anilines is 3. The minimum Gasteiger partial charge on any atom is -0.494 e. The highest BCUT2D eigenvalue weighted by molar-refractivity contribution is 6.30. The van der Waals surface area contributed by atoms with Crippen molar-refractivity contribution in [2.75, 3.05) is 50.1 Å². The van der Waals surface area contributed by atoms with Crippen LogP contribution in [0.4, 0.5) is 21.8 Å². The number of fused-ring (bicyclic) bond motifs is 1. The van der Waals surface area contributed by atoms with Crippen LogP contribution in [0, 0.1) is 11.7 Å². The fourth-order valence-corrected chi connectivity index (χ4v) is 5.32. The van der Waals surface area contributed by atoms with Crippen molar-refractivity contribution in [3.8, 4) is 5.75 Å². The lowest BCUT2D eigenvalue weighted by Crippen LogP contribution is -2.49. The average molecular weight is 500 g/mol. The summed E-state index contributed by atoms with van der Waals surface area (Å²) in [6, 6.07) is 10.9. The maximum absolute atomic E-state index is 14.6. The highest BCUT2D eigenvalue weighted by Crippen LogP contribution is 2.32. The number of hydrogen-bond acceptors (Lipinski definition) is 7. The van der Waals surface area contributed by atoms with Crippen molar-refractivity contribution in [1.82, 2.24) is 14.9 Å². The second-order valence-corrected chi connectivity index (χ2v) is 9.85. The van der Waals surface area contributed by atoms with Crippen LogP contribution in [0.5, 0.6) is 5.75 Å². The van der Waals surface area contributed by atoms with E-state index in [1.165, 1.54) is 13.2 Å². The van der Waals surface area contributed by atoms with E-state index >= 15 is 0 Å². The summed E-state index contributed by atoms with van der Waals surface area (Å²) in [6.45, 7) is 4.04. The Morgan fingerprint density at radius 3 is 2.60 bits per heavy atom. The summed E-state index contributed by atoms with van der Waals surface area (Å²) in [5.41, 5.74) is 1.42. The molecular weight excluding hydrogens is 469 g/mol. The summed E-state index contributed by atoms with van der Waals surface area (Å²) in [5.74, 6) is 1.24. The van der Waals surface area contributed by atoms with Crippen LogP contribution in [0.2, 0.25) is 5.02 Å². The van der Waals surface area contributed by atoms with E-state index in [1.54, 1.807) is 18.2 Å². The van der Waals surface area contributed by atoms with Crippen LogP contribution >= 0.6 is 11.6 Å². The van der Waals surface area contributed by atoms with Crippen molar-refractivity contribution in [1.29, 1.82) is 0 Å². The molecular formula is C26H31ClFN5O2. The molecule has 0 amide bonds. The van der Waals surface area contributed by atoms with Gasteiger partial charge in [0.25, 0.3) is 0 Å². The zero-order valence-electron chi connectivity index (χ0n) is 19.9. The van der Waals surface area contributed by atoms with E-state index in [4.69, 9.17) is 26.3 Å². The van der Waals surface area contributed by atoms with Gasteiger partial charge in [-0.2, -0.15) is 4.98 Å². The van der Waals surface area contributed by atoms with E-state index in [1.807, 2.05) is 12.1 Å². The molecule has 5 rings (SSSR count). The molecule has 2 aromatic carbocycles. The maximum atomic E-state index is 14.6. The van der Waals surface area contributed by atoms with Gasteiger partial charge in [0.15, 0.2) is 11.6 Å². The normalized spacial score (nSPS) is 19.8. The van der Waals surface area contributed by atoms with E-state index in [0.717, 1.165) is 57.5 Å². The first-order valence-electron chi connectivity index (χ1n) is 12.2. The van der Waals surface area contributed by atoms with Gasteiger partial charge in [0, 0.05) is 54.4 Å². The van der Waals surface area contributed by atoms with E-state index in [9.17, 15) is 9.50 Å². The Morgan fingerprint density at radius 1 is 1.11 bits per heavy atom. The lowest BCUT2D eigenvalue weighted by Gasteiger charge is -2.42. The van der Waals surface area contributed by atoms with Gasteiger partial charge in [-0.25, -0.2) is 9.37 Å². The van der Waals surface area contributed by atoms with Gasteiger partial charge in [-0.3, -0.25) is 4.90 Å². The monoisotopic (exact) mass is 499 g/mol. The SMILES string of the molecule is COc1cc2nc(N3CCC(N4CCCC(CO)C4)CC3)nc(Nc3ccc(Cl)cc3)c2cc1F. The Balaban J connectivity index is 1.40. The third-order valence-electron chi connectivity index (χ3n) is 7.14. The molecule has 0 aliphatic carbocycles. The number of ether oxygens (including phenoxy) is 1. The molecule has 1 unspecified atom stereocenters. The zero-order valence-corrected chi connectivity index (χ0v) is 20.6. The number of halogens is 2. The first-order valence-corrected chi connectivity index (χ1v) is 12.6. The number of nitrogens with one attached hydrogen (secondary N) is 1. The number of aliphatic hydroxyl groups is 1. The predicted octanol–water partition coefficient (Wildman–Crippen LogP) is 4.85. The summed E-state index contributed by atoms with van der Waals surface area (Å²) < 4.78 is 19.8. The third-order valence-corrected chi connectivity index (χ3v) is 7.39. The number of aliphatic hydroxyl groups excluding tert-OH is 1. The second-order valence-electron chi connectivity index (χ2n) is 9.41. The fraction of sp³-hybridized carbons (Fsp3) is 0.462. The van der Waals surface area contributed by atoms with E-state index in [2.05, 4.69) is 15.1 Å². The molecule has 1 aromatic heterocycles. The Kier molecular flexibility index (Phi) is 7.22. The largest absolute Gasteiger partial charge is 0.494 e. The van der Waals surface area contributed by atoms with Gasteiger partial charge in [0.1, 0.15) is 5.82 Å². The van der Waals surface area contributed by atoms with Crippen LogP contribution in [0.25, 0.3) is 10.9 Å². The molecule has 0 bridgehead atoms. The molecule has 3 aromatic rings. The van der Waals surface area contributed by atoms with Gasteiger partial charge in [0.05, 0.1) is 12.6 Å². The van der Waals surface area contributed by atoms with Crippen molar-refractivity contribution in [3.63, 3.8) is 0 Å². The molecule has 2 aliphatic heterocycles. The Bertz CT molecular complexity index is 1170. The quantitative estimate of drug-likeness (QED) is 0.502. The lowest BCUT2D eigenvalue weighted by molar-refractivity contribution is 0.0776. The summed E-state index contributed by atoms with van der Waals surface area (Å²) in [6.07, 6.45) is 4.31. The van der Waals surface area contributed by atoms with E-state index in [-0.39, 0.29) is 12.4 Å². The van der Waals surface area contributed by atoms with Crippen LogP contribution in [0.15, 0.2) is 36.4 Å². The van der Waals surface area contributed by atoms with E-state index in [0.29, 0.717) is 39.7 Å². The number of nitrogens with zero attached hydrogens (tertiary/aromatic N) is 4. The van der Waals surface area contributed by atoms with Gasteiger partial charge >= 0.3 is 0 Å². The summed E-state index contributed by atoms with van der Waals surface area (Å²) >= 11 is 6.04. The van der Waals surface area contributed by atoms with Gasteiger partial charge in [-0.05, 0) is 68.5 Å². The number of piperidine rings is 2. The molecule has 3 heterocycles. The van der Waals surface area contributed by atoms with Crippen LogP contribution in [-0.2, 0) is 0 Å². The van der Waals surface area contributed by atoms with Crippen LogP contribution in [0.1, 0.15) is 25.7 Å². The molecule has 2 fully saturated rings. The summed E-state index contributed by atoms with van der Waals surface area (Å²) in [7, 11) is 1.45. The predicted molar refractivity (Wildman–Crippen MR) is 137 cm³/mol. The minimum atomic E-state index is -0.459. The van der Waals surface area contributed by atoms with Gasteiger partial charge < -0.3 is 20.1 Å². The van der Waals surface area contributed by atoms with Crippen molar-refractivity contribution in [2.45, 2.75) is 31.7 Å². The number of benzene rings is 2. The summed E-state index contributed by atoms with van der Waals surface area (Å²) in [5, 5.41) is 14.1. The first-order chi connectivity index (χ1) is 17.0. The smallest absolute Gasteiger partial charge is 0.227 e. The molecule has 7 nitrogen and oxygen atoms in total. The van der Waals surface area contributed by atoms with Crippen molar-refractivity contribution >= 4 is 40.0 Å². The molecule has 2 N–H and O–H groups in total. The molecule has 0 radical (unpaired) electrons.